The fraction of sp³-hybridized carbons (Fsp3) is 0.294. The molecular formula is C17H19ClN4S. The van der Waals surface area contributed by atoms with Crippen molar-refractivity contribution in [3.8, 4) is 11.4 Å². The minimum absolute atomic E-state index is 0.616. The number of hydrogen-bond acceptors (Lipinski definition) is 4. The van der Waals surface area contributed by atoms with E-state index in [1.807, 2.05) is 50.1 Å². The van der Waals surface area contributed by atoms with Crippen molar-refractivity contribution in [3.05, 3.63) is 41.6 Å². The number of thioether (sulfide) groups is 1. The zero-order valence-electron chi connectivity index (χ0n) is 13.5. The lowest BCUT2D eigenvalue weighted by molar-refractivity contribution is 0.939. The number of aryl methyl sites for hydroxylation is 1. The fourth-order valence-corrected chi connectivity index (χ4v) is 3.18. The molecule has 0 aliphatic carbocycles. The van der Waals surface area contributed by atoms with E-state index in [1.54, 1.807) is 6.20 Å². The third kappa shape index (κ3) is 3.16. The van der Waals surface area contributed by atoms with E-state index in [4.69, 9.17) is 16.6 Å². The molecule has 3 aromatic rings. The minimum atomic E-state index is 0.616. The SMILES string of the molecule is CSCCN(C)c1cc(-c2nc3ccccc3n2C)c(Cl)cn1. The summed E-state index contributed by atoms with van der Waals surface area (Å²) in [4.78, 5) is 11.3. The Bertz CT molecular complexity index is 831. The van der Waals surface area contributed by atoms with Crippen molar-refractivity contribution in [1.29, 1.82) is 0 Å². The van der Waals surface area contributed by atoms with Crippen LogP contribution in [-0.2, 0) is 7.05 Å². The molecule has 23 heavy (non-hydrogen) atoms. The maximum atomic E-state index is 6.40. The number of anilines is 1. The Labute approximate surface area is 145 Å². The first-order chi connectivity index (χ1) is 11.1. The largest absolute Gasteiger partial charge is 0.359 e. The summed E-state index contributed by atoms with van der Waals surface area (Å²) in [5.74, 6) is 2.83. The molecule has 0 saturated carbocycles. The Morgan fingerprint density at radius 2 is 2.09 bits per heavy atom. The van der Waals surface area contributed by atoms with Gasteiger partial charge in [-0.05, 0) is 24.5 Å². The third-order valence-electron chi connectivity index (χ3n) is 3.89. The van der Waals surface area contributed by atoms with Gasteiger partial charge in [0.2, 0.25) is 0 Å². The molecule has 0 saturated heterocycles. The van der Waals surface area contributed by atoms with Gasteiger partial charge in [0.1, 0.15) is 11.6 Å². The molecule has 0 atom stereocenters. The van der Waals surface area contributed by atoms with Crippen molar-refractivity contribution in [2.45, 2.75) is 0 Å². The summed E-state index contributed by atoms with van der Waals surface area (Å²) in [5.41, 5.74) is 2.97. The molecule has 0 amide bonds. The van der Waals surface area contributed by atoms with Crippen LogP contribution in [0.15, 0.2) is 36.5 Å². The molecule has 2 aromatic heterocycles. The van der Waals surface area contributed by atoms with E-state index in [9.17, 15) is 0 Å². The number of benzene rings is 1. The normalized spacial score (nSPS) is 11.1. The van der Waals surface area contributed by atoms with Gasteiger partial charge in [0.15, 0.2) is 0 Å². The second kappa shape index (κ2) is 6.81. The van der Waals surface area contributed by atoms with Crippen molar-refractivity contribution in [1.82, 2.24) is 14.5 Å². The van der Waals surface area contributed by atoms with E-state index < -0.39 is 0 Å². The van der Waals surface area contributed by atoms with E-state index in [2.05, 4.69) is 26.8 Å². The maximum Gasteiger partial charge on any atom is 0.142 e. The third-order valence-corrected chi connectivity index (χ3v) is 4.78. The van der Waals surface area contributed by atoms with Crippen LogP contribution in [0, 0.1) is 0 Å². The molecule has 0 unspecified atom stereocenters. The lowest BCUT2D eigenvalue weighted by Crippen LogP contribution is -2.21. The molecule has 0 aliphatic rings. The summed E-state index contributed by atoms with van der Waals surface area (Å²) < 4.78 is 2.07. The molecule has 2 heterocycles. The number of hydrogen-bond donors (Lipinski definition) is 0. The van der Waals surface area contributed by atoms with Crippen LogP contribution in [0.25, 0.3) is 22.4 Å². The highest BCUT2D eigenvalue weighted by molar-refractivity contribution is 7.98. The van der Waals surface area contributed by atoms with Crippen molar-refractivity contribution in [2.75, 3.05) is 30.5 Å². The van der Waals surface area contributed by atoms with Gasteiger partial charge in [-0.1, -0.05) is 23.7 Å². The number of halogens is 1. The van der Waals surface area contributed by atoms with Crippen LogP contribution in [0.4, 0.5) is 5.82 Å². The topological polar surface area (TPSA) is 34.0 Å². The summed E-state index contributed by atoms with van der Waals surface area (Å²) in [6.45, 7) is 0.942. The predicted octanol–water partition coefficient (Wildman–Crippen LogP) is 4.09. The van der Waals surface area contributed by atoms with Gasteiger partial charge in [0.05, 0.1) is 16.1 Å². The Balaban J connectivity index is 2.05. The molecule has 4 nitrogen and oxygen atoms in total. The Morgan fingerprint density at radius 3 is 2.83 bits per heavy atom. The second-order valence-corrected chi connectivity index (χ2v) is 6.81. The molecule has 0 radical (unpaired) electrons. The Morgan fingerprint density at radius 1 is 1.30 bits per heavy atom. The molecule has 0 N–H and O–H groups in total. The van der Waals surface area contributed by atoms with Crippen LogP contribution in [0.1, 0.15) is 0 Å². The number of imidazole rings is 1. The van der Waals surface area contributed by atoms with Gasteiger partial charge in [-0.3, -0.25) is 0 Å². The van der Waals surface area contributed by atoms with Crippen LogP contribution in [-0.4, -0.2) is 40.1 Å². The highest BCUT2D eigenvalue weighted by atomic mass is 35.5. The van der Waals surface area contributed by atoms with Crippen molar-refractivity contribution in [2.24, 2.45) is 7.05 Å². The van der Waals surface area contributed by atoms with Crippen LogP contribution in [0.2, 0.25) is 5.02 Å². The van der Waals surface area contributed by atoms with Gasteiger partial charge in [0, 0.05) is 38.2 Å². The molecule has 3 rings (SSSR count). The molecule has 6 heteroatoms. The predicted molar refractivity (Wildman–Crippen MR) is 101 cm³/mol. The Kier molecular flexibility index (Phi) is 4.78. The highest BCUT2D eigenvalue weighted by Gasteiger charge is 2.15. The molecule has 120 valence electrons. The summed E-state index contributed by atoms with van der Waals surface area (Å²) in [7, 11) is 4.06. The number of rotatable bonds is 5. The number of aromatic nitrogens is 3. The molecule has 0 aliphatic heterocycles. The maximum absolute atomic E-state index is 6.40. The number of pyridine rings is 1. The molecule has 0 fully saturated rings. The van der Waals surface area contributed by atoms with Gasteiger partial charge in [-0.15, -0.1) is 0 Å². The van der Waals surface area contributed by atoms with Gasteiger partial charge in [-0.25, -0.2) is 9.97 Å². The van der Waals surface area contributed by atoms with E-state index in [0.717, 1.165) is 40.5 Å². The van der Waals surface area contributed by atoms with E-state index in [0.29, 0.717) is 5.02 Å². The first-order valence-electron chi connectivity index (χ1n) is 7.39. The average Bonchev–Trinajstić information content (AvgIpc) is 2.90. The number of para-hydroxylation sites is 2. The van der Waals surface area contributed by atoms with Gasteiger partial charge >= 0.3 is 0 Å². The van der Waals surface area contributed by atoms with Crippen molar-refractivity contribution >= 4 is 40.2 Å². The quantitative estimate of drug-likeness (QED) is 0.697. The average molecular weight is 347 g/mol. The van der Waals surface area contributed by atoms with Crippen LogP contribution < -0.4 is 4.90 Å². The Hall–Kier alpha value is -1.72. The van der Waals surface area contributed by atoms with Crippen molar-refractivity contribution < 1.29 is 0 Å². The number of fused-ring (bicyclic) bond motifs is 1. The van der Waals surface area contributed by atoms with Crippen LogP contribution in [0.5, 0.6) is 0 Å². The lowest BCUT2D eigenvalue weighted by atomic mass is 10.2. The van der Waals surface area contributed by atoms with Gasteiger partial charge in [-0.2, -0.15) is 11.8 Å². The molecular weight excluding hydrogens is 328 g/mol. The fourth-order valence-electron chi connectivity index (χ4n) is 2.54. The monoisotopic (exact) mass is 346 g/mol. The van der Waals surface area contributed by atoms with E-state index in [-0.39, 0.29) is 0 Å². The first kappa shape index (κ1) is 16.1. The van der Waals surface area contributed by atoms with Crippen LogP contribution in [0.3, 0.4) is 0 Å². The van der Waals surface area contributed by atoms with E-state index >= 15 is 0 Å². The second-order valence-electron chi connectivity index (χ2n) is 5.42. The molecule has 0 bridgehead atoms. The smallest absolute Gasteiger partial charge is 0.142 e. The summed E-state index contributed by atoms with van der Waals surface area (Å²) >= 11 is 8.22. The van der Waals surface area contributed by atoms with E-state index in [1.165, 1.54) is 0 Å². The van der Waals surface area contributed by atoms with Crippen LogP contribution >= 0.6 is 23.4 Å². The van der Waals surface area contributed by atoms with Crippen molar-refractivity contribution in [3.63, 3.8) is 0 Å². The van der Waals surface area contributed by atoms with Gasteiger partial charge in [0.25, 0.3) is 0 Å². The summed E-state index contributed by atoms with van der Waals surface area (Å²) in [6, 6.07) is 10.1. The molecule has 0 spiro atoms. The molecule has 1 aromatic carbocycles. The summed E-state index contributed by atoms with van der Waals surface area (Å²) in [6.07, 6.45) is 3.81. The zero-order valence-corrected chi connectivity index (χ0v) is 15.0. The zero-order chi connectivity index (χ0) is 16.4. The lowest BCUT2D eigenvalue weighted by Gasteiger charge is -2.18. The first-order valence-corrected chi connectivity index (χ1v) is 9.16. The number of nitrogens with zero attached hydrogens (tertiary/aromatic N) is 4. The highest BCUT2D eigenvalue weighted by Crippen LogP contribution is 2.31. The summed E-state index contributed by atoms with van der Waals surface area (Å²) in [5, 5.41) is 0.616. The minimum Gasteiger partial charge on any atom is -0.359 e. The van der Waals surface area contributed by atoms with Gasteiger partial charge < -0.3 is 9.47 Å². The standard InChI is InChI=1S/C17H19ClN4S/c1-21(8-9-23-3)16-10-12(13(18)11-19-16)17-20-14-6-4-5-7-15(14)22(17)2/h4-7,10-11H,8-9H2,1-3H3.